The first kappa shape index (κ1) is 105. The summed E-state index contributed by atoms with van der Waals surface area (Å²) in [6.07, 6.45) is 4.71. The van der Waals surface area contributed by atoms with Crippen LogP contribution in [-0.2, 0) is 23.5 Å². The molecule has 0 spiro atoms. The molecule has 0 N–H and O–H groups in total. The van der Waals surface area contributed by atoms with Gasteiger partial charge in [0.1, 0.15) is 41.6 Å². The van der Waals surface area contributed by atoms with Crippen molar-refractivity contribution in [2.24, 2.45) is 0 Å². The van der Waals surface area contributed by atoms with E-state index in [1.54, 1.807) is 67.6 Å². The molecule has 6 aromatic rings. The van der Waals surface area contributed by atoms with Crippen molar-refractivity contribution in [3.63, 3.8) is 0 Å². The minimum atomic E-state index is -3.21. The summed E-state index contributed by atoms with van der Waals surface area (Å²) in [6, 6.07) is 38.5. The van der Waals surface area contributed by atoms with Crippen LogP contribution in [0.3, 0.4) is 0 Å². The molecule has 6 saturated heterocycles. The van der Waals surface area contributed by atoms with Crippen molar-refractivity contribution in [3.8, 4) is 34.5 Å². The number of carbonyl (C=O) groups excluding carboxylic acids is 1. The first-order chi connectivity index (χ1) is 58.5. The quantitative estimate of drug-likeness (QED) is 0.0550. The molecule has 0 bridgehead atoms. The molecule has 6 aliphatic heterocycles. The van der Waals surface area contributed by atoms with Gasteiger partial charge in [-0.25, -0.2) is 17.8 Å². The third-order valence-corrected chi connectivity index (χ3v) is 37.1. The molecule has 0 aliphatic carbocycles. The van der Waals surface area contributed by atoms with Gasteiger partial charge >= 0.3 is 0 Å². The Bertz CT molecular complexity index is 4650. The van der Waals surface area contributed by atoms with E-state index < -0.39 is 36.8 Å². The predicted molar refractivity (Wildman–Crippen MR) is 519 cm³/mol. The van der Waals surface area contributed by atoms with Crippen molar-refractivity contribution in [2.75, 3.05) is 194 Å². The molecule has 6 aliphatic rings. The van der Waals surface area contributed by atoms with Gasteiger partial charge in [-0.1, -0.05) is 69.0 Å². The Kier molecular flexibility index (Phi) is 40.6. The first-order valence-corrected chi connectivity index (χ1v) is 53.0. The number of sulfone groups is 1. The number of piperazine rings is 4. The van der Waals surface area contributed by atoms with E-state index in [0.29, 0.717) is 46.4 Å². The highest BCUT2D eigenvalue weighted by molar-refractivity contribution is 7.92. The lowest BCUT2D eigenvalue weighted by molar-refractivity contribution is 0.0569. The fraction of sp³-hybridized carbons (Fsp3) is 0.602. The van der Waals surface area contributed by atoms with Crippen LogP contribution < -0.4 is 44.3 Å². The Morgan fingerprint density at radius 1 is 0.355 bits per heavy atom. The SMILES string of the molecule is C=C(c1ccc(C)c(OC)c1)N1CCC(N2CCN(C(C)C)CC2)CC1.COc1cc(C(=O)N2CCN(C(C)C)CC2)ccc1C.COc1cc(P(C)(=O)C(C)C)ccc1C.COc1cc(P(C)(=O)N2CCC(N3CCN(C(C)C)CC3)CC2)ccc1C.COc1cc(P(C)(=O)N2CCN(C(C)C)CC2)ccc1C.COc1cc(S(=O)(=O)C(C)C)ccc1C. The average Bonchev–Trinajstić information content (AvgIpc) is 0.791. The molecule has 26 heteroatoms. The molecule has 6 heterocycles. The Morgan fingerprint density at radius 3 is 1.00 bits per heavy atom. The lowest BCUT2D eigenvalue weighted by Gasteiger charge is -2.44. The predicted octanol–water partition coefficient (Wildman–Crippen LogP) is 16.4. The van der Waals surface area contributed by atoms with E-state index in [2.05, 4.69) is 131 Å². The van der Waals surface area contributed by atoms with Crippen LogP contribution >= 0.6 is 21.7 Å². The molecule has 12 rings (SSSR count). The topological polar surface area (TPSA) is 190 Å². The van der Waals surface area contributed by atoms with Crippen molar-refractivity contribution < 1.29 is 55.3 Å². The van der Waals surface area contributed by atoms with E-state index in [-0.39, 0.29) is 11.6 Å². The standard InChI is InChI=1S/C22H35N3O.C21H36N3O2P.C16H27N2O2P.C16H24N2O2.C12H19O2P.C11H16O3S/c1-17(2)23-12-14-25(15-13-23)21-8-10-24(11-9-21)19(4)20-7-6-18(3)22(16-20)26-5;1-17(2)22-12-14-23(15-13-22)19-8-10-24(11-9-19)27(5,25)20-7-6-18(3)21(16-20)26-4;1-13(2)17-8-10-18(11-9-17)21(5,19)15-7-6-14(3)16(12-15)20-4;1-12(2)17-7-9-18(10-8-17)16(19)14-6-5-13(3)15(11-14)20-4;1-9(2)15(5,13)11-7-6-10(3)12(8-11)14-4;1-8(2)15(12,13)10-6-5-9(3)11(7-10)14-4/h6-7,16-17,21H,4,8-15H2,1-3,5H3;6-7,16-17,19H,8-15H2,1-5H3;6-7,12-13H,8-11H2,1-5H3;5-6,11-12H,7-10H2,1-4H3;6-9H,1-5H3;5-8H,1-4H3. The van der Waals surface area contributed by atoms with Crippen LogP contribution in [0.25, 0.3) is 5.70 Å². The van der Waals surface area contributed by atoms with Crippen molar-refractivity contribution in [3.05, 3.63) is 160 Å². The van der Waals surface area contributed by atoms with Gasteiger partial charge in [0.15, 0.2) is 24.4 Å². The van der Waals surface area contributed by atoms with Crippen molar-refractivity contribution in [1.82, 2.24) is 48.5 Å². The summed E-state index contributed by atoms with van der Waals surface area (Å²) in [7, 11) is -0.629. The van der Waals surface area contributed by atoms with Crippen molar-refractivity contribution in [2.45, 2.75) is 202 Å². The van der Waals surface area contributed by atoms with E-state index in [4.69, 9.17) is 28.4 Å². The molecule has 0 radical (unpaired) electrons. The second-order valence-electron chi connectivity index (χ2n) is 36.1. The van der Waals surface area contributed by atoms with Crippen LogP contribution in [0.5, 0.6) is 34.5 Å². The van der Waals surface area contributed by atoms with Gasteiger partial charge in [-0.2, -0.15) is 0 Å². The fourth-order valence-electron chi connectivity index (χ4n) is 16.8. The number of benzene rings is 6. The fourth-order valence-corrected chi connectivity index (χ4v) is 23.2. The van der Waals surface area contributed by atoms with Gasteiger partial charge in [0.05, 0.1) is 52.8 Å². The highest BCUT2D eigenvalue weighted by Gasteiger charge is 2.37. The molecule has 0 saturated carbocycles. The lowest BCUT2D eigenvalue weighted by atomic mass is 10.00. The van der Waals surface area contributed by atoms with Gasteiger partial charge in [0.2, 0.25) is 0 Å². The number of rotatable bonds is 23. The molecule has 124 heavy (non-hydrogen) atoms. The maximum absolute atomic E-state index is 13.6. The average molecular weight is 1790 g/mol. The maximum atomic E-state index is 13.6. The number of ether oxygens (including phenoxy) is 6. The monoisotopic (exact) mass is 1790 g/mol. The zero-order valence-electron chi connectivity index (χ0n) is 80.8. The number of nitrogens with zero attached hydrogens (tertiary/aromatic N) is 10. The second-order valence-corrected chi connectivity index (χ2v) is 47.8. The van der Waals surface area contributed by atoms with Gasteiger partial charge < -0.3 is 51.9 Å². The first-order valence-electron chi connectivity index (χ1n) is 45.0. The van der Waals surface area contributed by atoms with E-state index in [1.165, 1.54) is 83.4 Å². The number of hydrogen-bond donors (Lipinski definition) is 0. The van der Waals surface area contributed by atoms with Gasteiger partial charge in [-0.05, 0) is 237 Å². The molecular formula is C98H157N10O12P3S. The molecule has 6 fully saturated rings. The third-order valence-electron chi connectivity index (χ3n) is 26.3. The molecule has 3 unspecified atom stereocenters. The Labute approximate surface area is 749 Å². The summed E-state index contributed by atoms with van der Waals surface area (Å²) in [5.74, 6) is 4.89. The summed E-state index contributed by atoms with van der Waals surface area (Å²) in [5.41, 5.74) is 9.58. The zero-order valence-corrected chi connectivity index (χ0v) is 84.3. The molecule has 0 aromatic heterocycles. The van der Waals surface area contributed by atoms with Crippen molar-refractivity contribution >= 4 is 59.1 Å². The minimum absolute atomic E-state index is 0.103. The molecule has 3 atom stereocenters. The van der Waals surface area contributed by atoms with E-state index in [9.17, 15) is 26.9 Å². The second kappa shape index (κ2) is 48.2. The van der Waals surface area contributed by atoms with Crippen LogP contribution in [0.2, 0.25) is 0 Å². The van der Waals surface area contributed by atoms with Gasteiger partial charge in [-0.15, -0.1) is 0 Å². The number of carbonyl (C=O) groups is 1. The molecule has 6 aromatic carbocycles. The van der Waals surface area contributed by atoms with Crippen LogP contribution in [0, 0.1) is 41.5 Å². The Morgan fingerprint density at radius 2 is 0.645 bits per heavy atom. The zero-order chi connectivity index (χ0) is 91.9. The van der Waals surface area contributed by atoms with Gasteiger partial charge in [-0.3, -0.25) is 34.2 Å². The Balaban J connectivity index is 0.000000207. The summed E-state index contributed by atoms with van der Waals surface area (Å²) < 4.78 is 99.3. The van der Waals surface area contributed by atoms with Crippen LogP contribution in [-0.4, -0.2) is 304 Å². The number of amides is 1. The van der Waals surface area contributed by atoms with Crippen molar-refractivity contribution in [1.29, 1.82) is 0 Å². The normalized spacial score (nSPS) is 18.8. The largest absolute Gasteiger partial charge is 0.496 e. The summed E-state index contributed by atoms with van der Waals surface area (Å²) in [6.45, 7) is 68.1. The summed E-state index contributed by atoms with van der Waals surface area (Å²) in [4.78, 5) is 32.6. The number of likely N-dealkylation sites (tertiary alicyclic amines) is 1. The molecule has 22 nitrogen and oxygen atoms in total. The van der Waals surface area contributed by atoms with Gasteiger partial charge in [0, 0.05) is 219 Å². The number of piperidine rings is 2. The van der Waals surface area contributed by atoms with E-state index >= 15 is 0 Å². The van der Waals surface area contributed by atoms with Crippen LogP contribution in [0.1, 0.15) is 158 Å². The number of hydrogen-bond acceptors (Lipinski definition) is 19. The smallest absolute Gasteiger partial charge is 0.254 e. The van der Waals surface area contributed by atoms with E-state index in [1.807, 2.05) is 146 Å². The highest BCUT2D eigenvalue weighted by atomic mass is 32.2. The van der Waals surface area contributed by atoms with E-state index in [0.717, 1.165) is 176 Å². The Hall–Kier alpha value is -6.55. The summed E-state index contributed by atoms with van der Waals surface area (Å²) >= 11 is 0. The third kappa shape index (κ3) is 28.2. The number of methoxy groups -OCH3 is 6. The summed E-state index contributed by atoms with van der Waals surface area (Å²) in [5, 5.41) is 2.29. The van der Waals surface area contributed by atoms with Gasteiger partial charge in [0.25, 0.3) is 5.91 Å². The highest BCUT2D eigenvalue weighted by Crippen LogP contribution is 2.49. The molecule has 1 amide bonds. The number of aryl methyl sites for hydroxylation is 6. The van der Waals surface area contributed by atoms with Crippen LogP contribution in [0.15, 0.2) is 121 Å². The van der Waals surface area contributed by atoms with Crippen LogP contribution in [0.4, 0.5) is 0 Å². The lowest BCUT2D eigenvalue weighted by Crippen LogP contribution is -2.54. The maximum Gasteiger partial charge on any atom is 0.254 e. The molecular weight excluding hydrogens is 1630 g/mol. The molecule has 692 valence electrons. The minimum Gasteiger partial charge on any atom is -0.496 e.